The Kier molecular flexibility index (Phi) is 3.54. The molecule has 5 heteroatoms. The molecule has 1 atom stereocenters. The van der Waals surface area contributed by atoms with Crippen LogP contribution < -0.4 is 0 Å². The van der Waals surface area contributed by atoms with Crippen molar-refractivity contribution in [1.82, 2.24) is 20.1 Å². The van der Waals surface area contributed by atoms with Gasteiger partial charge >= 0.3 is 0 Å². The molecule has 0 saturated carbocycles. The summed E-state index contributed by atoms with van der Waals surface area (Å²) in [6.07, 6.45) is 7.02. The number of nitrogens with one attached hydrogen (secondary N) is 1. The molecular formula is C11H18N4O. The quantitative estimate of drug-likeness (QED) is 0.845. The fourth-order valence-corrected chi connectivity index (χ4v) is 2.35. The average Bonchev–Trinajstić information content (AvgIpc) is 2.83. The van der Waals surface area contributed by atoms with E-state index in [0.717, 1.165) is 32.2 Å². The largest absolute Gasteiger partial charge is 0.333 e. The van der Waals surface area contributed by atoms with Crippen molar-refractivity contribution in [2.75, 3.05) is 6.54 Å². The Balaban J connectivity index is 2.08. The lowest BCUT2D eigenvalue weighted by molar-refractivity contribution is 0.0588. The number of carbonyl (C=O) groups is 1. The topological polar surface area (TPSA) is 61.9 Å². The van der Waals surface area contributed by atoms with E-state index in [0.29, 0.717) is 11.9 Å². The first-order valence-electron chi connectivity index (χ1n) is 5.99. The third-order valence-corrected chi connectivity index (χ3v) is 3.13. The van der Waals surface area contributed by atoms with Gasteiger partial charge in [0.15, 0.2) is 0 Å². The maximum Gasteiger partial charge on any atom is 0.291 e. The minimum Gasteiger partial charge on any atom is -0.333 e. The number of piperidine rings is 1. The van der Waals surface area contributed by atoms with Gasteiger partial charge in [0.2, 0.25) is 5.82 Å². The van der Waals surface area contributed by atoms with Crippen molar-refractivity contribution in [1.29, 1.82) is 0 Å². The van der Waals surface area contributed by atoms with Crippen LogP contribution in [0.5, 0.6) is 0 Å². The van der Waals surface area contributed by atoms with Crippen LogP contribution in [0.15, 0.2) is 6.33 Å². The van der Waals surface area contributed by atoms with E-state index in [2.05, 4.69) is 22.1 Å². The lowest BCUT2D eigenvalue weighted by atomic mass is 9.98. The number of aromatic amines is 1. The molecule has 0 bridgehead atoms. The monoisotopic (exact) mass is 222 g/mol. The van der Waals surface area contributed by atoms with Crippen LogP contribution in [0.1, 0.15) is 49.6 Å². The zero-order chi connectivity index (χ0) is 11.4. The van der Waals surface area contributed by atoms with Gasteiger partial charge in [0.1, 0.15) is 6.33 Å². The van der Waals surface area contributed by atoms with Crippen molar-refractivity contribution in [3.05, 3.63) is 12.2 Å². The highest BCUT2D eigenvalue weighted by Gasteiger charge is 2.27. The Bertz CT molecular complexity index is 334. The molecular weight excluding hydrogens is 204 g/mol. The third-order valence-electron chi connectivity index (χ3n) is 3.13. The SMILES string of the molecule is CCCC1CCCCN1C(=O)c1ncn[nH]1. The zero-order valence-corrected chi connectivity index (χ0v) is 9.65. The second-order valence-corrected chi connectivity index (χ2v) is 4.27. The molecule has 2 rings (SSSR count). The number of amides is 1. The summed E-state index contributed by atoms with van der Waals surface area (Å²) in [6, 6.07) is 0.386. The lowest BCUT2D eigenvalue weighted by Crippen LogP contribution is -2.44. The Morgan fingerprint density at radius 2 is 2.50 bits per heavy atom. The van der Waals surface area contributed by atoms with Crippen LogP contribution in [-0.4, -0.2) is 38.6 Å². The van der Waals surface area contributed by atoms with Gasteiger partial charge in [-0.15, -0.1) is 0 Å². The summed E-state index contributed by atoms with van der Waals surface area (Å²) in [6.45, 7) is 3.01. The smallest absolute Gasteiger partial charge is 0.291 e. The number of hydrogen-bond donors (Lipinski definition) is 1. The molecule has 1 saturated heterocycles. The number of nitrogens with zero attached hydrogens (tertiary/aromatic N) is 3. The Morgan fingerprint density at radius 3 is 3.19 bits per heavy atom. The fourth-order valence-electron chi connectivity index (χ4n) is 2.35. The van der Waals surface area contributed by atoms with Gasteiger partial charge in [0, 0.05) is 12.6 Å². The molecule has 1 aromatic heterocycles. The lowest BCUT2D eigenvalue weighted by Gasteiger charge is -2.35. The first-order valence-corrected chi connectivity index (χ1v) is 5.99. The van der Waals surface area contributed by atoms with E-state index >= 15 is 0 Å². The van der Waals surface area contributed by atoms with Crippen LogP contribution in [-0.2, 0) is 0 Å². The standard InChI is InChI=1S/C11H18N4O/c1-2-5-9-6-3-4-7-15(9)11(16)10-12-8-13-14-10/h8-9H,2-7H2,1H3,(H,12,13,14). The Hall–Kier alpha value is -1.39. The van der Waals surface area contributed by atoms with E-state index < -0.39 is 0 Å². The predicted octanol–water partition coefficient (Wildman–Crippen LogP) is 1.60. The highest BCUT2D eigenvalue weighted by atomic mass is 16.2. The highest BCUT2D eigenvalue weighted by Crippen LogP contribution is 2.21. The molecule has 88 valence electrons. The van der Waals surface area contributed by atoms with Gasteiger partial charge in [0.25, 0.3) is 5.91 Å². The number of aromatic nitrogens is 3. The van der Waals surface area contributed by atoms with Crippen LogP contribution in [0.2, 0.25) is 0 Å². The minimum atomic E-state index is -0.00403. The van der Waals surface area contributed by atoms with Crippen molar-refractivity contribution in [2.45, 2.75) is 45.1 Å². The van der Waals surface area contributed by atoms with Gasteiger partial charge in [0.05, 0.1) is 0 Å². The Morgan fingerprint density at radius 1 is 1.62 bits per heavy atom. The maximum absolute atomic E-state index is 12.1. The fraction of sp³-hybridized carbons (Fsp3) is 0.727. The second-order valence-electron chi connectivity index (χ2n) is 4.27. The molecule has 2 heterocycles. The molecule has 5 nitrogen and oxygen atoms in total. The van der Waals surface area contributed by atoms with Crippen LogP contribution in [0.4, 0.5) is 0 Å². The molecule has 1 aliphatic rings. The minimum absolute atomic E-state index is 0.00403. The zero-order valence-electron chi connectivity index (χ0n) is 9.65. The molecule has 1 aromatic rings. The number of carbonyl (C=O) groups excluding carboxylic acids is 1. The van der Waals surface area contributed by atoms with Crippen molar-refractivity contribution in [2.24, 2.45) is 0 Å². The van der Waals surface area contributed by atoms with Gasteiger partial charge in [-0.3, -0.25) is 9.89 Å². The van der Waals surface area contributed by atoms with E-state index in [4.69, 9.17) is 0 Å². The Labute approximate surface area is 95.2 Å². The van der Waals surface area contributed by atoms with Crippen LogP contribution >= 0.6 is 0 Å². The predicted molar refractivity (Wildman–Crippen MR) is 60.0 cm³/mol. The molecule has 0 aromatic carbocycles. The third kappa shape index (κ3) is 2.23. The summed E-state index contributed by atoms with van der Waals surface area (Å²) in [5.74, 6) is 0.360. The first kappa shape index (κ1) is 11.1. The van der Waals surface area contributed by atoms with Crippen molar-refractivity contribution < 1.29 is 4.79 Å². The summed E-state index contributed by atoms with van der Waals surface area (Å²) >= 11 is 0. The van der Waals surface area contributed by atoms with Crippen LogP contribution in [0.25, 0.3) is 0 Å². The number of likely N-dealkylation sites (tertiary alicyclic amines) is 1. The van der Waals surface area contributed by atoms with E-state index in [1.165, 1.54) is 12.7 Å². The van der Waals surface area contributed by atoms with Gasteiger partial charge in [-0.1, -0.05) is 13.3 Å². The molecule has 0 spiro atoms. The first-order chi connectivity index (χ1) is 7.83. The summed E-state index contributed by atoms with van der Waals surface area (Å²) in [5.41, 5.74) is 0. The molecule has 1 aliphatic heterocycles. The summed E-state index contributed by atoms with van der Waals surface area (Å²) in [7, 11) is 0. The summed E-state index contributed by atoms with van der Waals surface area (Å²) in [4.78, 5) is 18.0. The van der Waals surface area contributed by atoms with Gasteiger partial charge in [-0.2, -0.15) is 5.10 Å². The molecule has 0 aliphatic carbocycles. The van der Waals surface area contributed by atoms with Gasteiger partial charge in [-0.25, -0.2) is 4.98 Å². The van der Waals surface area contributed by atoms with E-state index in [1.807, 2.05) is 4.90 Å². The summed E-state index contributed by atoms with van der Waals surface area (Å²) < 4.78 is 0. The van der Waals surface area contributed by atoms with E-state index in [1.54, 1.807) is 0 Å². The molecule has 1 amide bonds. The van der Waals surface area contributed by atoms with Crippen molar-refractivity contribution in [3.8, 4) is 0 Å². The maximum atomic E-state index is 12.1. The molecule has 1 fully saturated rings. The average molecular weight is 222 g/mol. The molecule has 0 radical (unpaired) electrons. The van der Waals surface area contributed by atoms with E-state index in [9.17, 15) is 4.79 Å². The molecule has 16 heavy (non-hydrogen) atoms. The van der Waals surface area contributed by atoms with Crippen LogP contribution in [0.3, 0.4) is 0 Å². The van der Waals surface area contributed by atoms with Gasteiger partial charge in [-0.05, 0) is 25.7 Å². The highest BCUT2D eigenvalue weighted by molar-refractivity contribution is 5.90. The van der Waals surface area contributed by atoms with Crippen LogP contribution in [0, 0.1) is 0 Å². The number of hydrogen-bond acceptors (Lipinski definition) is 3. The van der Waals surface area contributed by atoms with Gasteiger partial charge < -0.3 is 4.90 Å². The number of H-pyrrole nitrogens is 1. The molecule has 1 unspecified atom stereocenters. The van der Waals surface area contributed by atoms with Crippen molar-refractivity contribution in [3.63, 3.8) is 0 Å². The normalized spacial score (nSPS) is 21.1. The molecule has 1 N–H and O–H groups in total. The van der Waals surface area contributed by atoms with E-state index in [-0.39, 0.29) is 5.91 Å². The van der Waals surface area contributed by atoms with Crippen molar-refractivity contribution >= 4 is 5.91 Å². The number of rotatable bonds is 3. The summed E-state index contributed by atoms with van der Waals surface area (Å²) in [5, 5.41) is 6.37. The second kappa shape index (κ2) is 5.09.